The number of carbonyl (C=O) groups is 1. The summed E-state index contributed by atoms with van der Waals surface area (Å²) in [5.74, 6) is -0.437. The van der Waals surface area contributed by atoms with Gasteiger partial charge in [-0.25, -0.2) is 4.98 Å². The quantitative estimate of drug-likeness (QED) is 0.534. The maximum atomic E-state index is 12.2. The zero-order valence-corrected chi connectivity index (χ0v) is 12.2. The summed E-state index contributed by atoms with van der Waals surface area (Å²) in [7, 11) is 0. The number of hydrogen-bond acceptors (Lipinski definition) is 4. The Bertz CT molecular complexity index is 711. The second kappa shape index (κ2) is 5.92. The summed E-state index contributed by atoms with van der Waals surface area (Å²) in [6.07, 6.45) is 2.77. The molecule has 21 heavy (non-hydrogen) atoms. The number of hydrogen-bond donors (Lipinski definition) is 1. The zero-order chi connectivity index (χ0) is 15.6. The lowest BCUT2D eigenvalue weighted by Gasteiger charge is -2.08. The van der Waals surface area contributed by atoms with E-state index in [1.165, 1.54) is 23.0 Å². The first-order valence-electron chi connectivity index (χ1n) is 6.20. The fourth-order valence-corrected chi connectivity index (χ4v) is 1.97. The molecule has 1 amide bonds. The Morgan fingerprint density at radius 1 is 1.52 bits per heavy atom. The number of halogens is 1. The highest BCUT2D eigenvalue weighted by atomic mass is 35.5. The predicted octanol–water partition coefficient (Wildman–Crippen LogP) is 3.03. The lowest BCUT2D eigenvalue weighted by atomic mass is 10.3. The third kappa shape index (κ3) is 3.19. The molecule has 110 valence electrons. The summed E-state index contributed by atoms with van der Waals surface area (Å²) in [5, 5.41) is 13.8. The number of carbonyl (C=O) groups excluding carboxylic acids is 1. The van der Waals surface area contributed by atoms with Gasteiger partial charge in [0.25, 0.3) is 11.6 Å². The minimum absolute atomic E-state index is 0.118. The van der Waals surface area contributed by atoms with Crippen molar-refractivity contribution < 1.29 is 9.72 Å². The van der Waals surface area contributed by atoms with E-state index in [-0.39, 0.29) is 11.4 Å². The van der Waals surface area contributed by atoms with Crippen LogP contribution in [0.3, 0.4) is 0 Å². The molecule has 0 atom stereocenters. The monoisotopic (exact) mass is 308 g/mol. The van der Waals surface area contributed by atoms with Gasteiger partial charge in [-0.1, -0.05) is 11.6 Å². The second-order valence-corrected chi connectivity index (χ2v) is 4.77. The van der Waals surface area contributed by atoms with E-state index in [4.69, 9.17) is 11.6 Å². The number of nitrogens with one attached hydrogen (secondary N) is 1. The van der Waals surface area contributed by atoms with Crippen molar-refractivity contribution in [2.75, 3.05) is 5.32 Å². The molecule has 0 radical (unpaired) electrons. The van der Waals surface area contributed by atoms with Crippen molar-refractivity contribution in [2.24, 2.45) is 0 Å². The lowest BCUT2D eigenvalue weighted by Crippen LogP contribution is -2.16. The molecule has 2 aromatic heterocycles. The van der Waals surface area contributed by atoms with Crippen molar-refractivity contribution >= 4 is 28.9 Å². The van der Waals surface area contributed by atoms with Crippen molar-refractivity contribution in [3.8, 4) is 0 Å². The van der Waals surface area contributed by atoms with Gasteiger partial charge in [0.2, 0.25) is 0 Å². The molecule has 0 spiro atoms. The van der Waals surface area contributed by atoms with Crippen molar-refractivity contribution in [2.45, 2.75) is 20.4 Å². The average molecular weight is 309 g/mol. The molecular weight excluding hydrogens is 296 g/mol. The lowest BCUT2D eigenvalue weighted by molar-refractivity contribution is -0.384. The van der Waals surface area contributed by atoms with Gasteiger partial charge in [-0.15, -0.1) is 0 Å². The molecule has 0 fully saturated rings. The molecule has 0 saturated heterocycles. The van der Waals surface area contributed by atoms with Crippen LogP contribution in [0.25, 0.3) is 0 Å². The molecule has 0 aliphatic heterocycles. The normalized spacial score (nSPS) is 10.4. The number of nitrogens with zero attached hydrogens (tertiary/aromatic N) is 3. The van der Waals surface area contributed by atoms with E-state index in [2.05, 4.69) is 10.3 Å². The zero-order valence-electron chi connectivity index (χ0n) is 11.5. The standard InChI is InChI=1S/C13H13ClN4O3/c1-3-17-7-10(18(20)21)5-11(17)13(19)16-9-4-8(2)12(14)15-6-9/h4-7H,3H2,1-2H3,(H,16,19). The molecule has 2 aromatic rings. The number of nitro groups is 1. The summed E-state index contributed by atoms with van der Waals surface area (Å²) in [6.45, 7) is 4.02. The number of pyridine rings is 1. The molecule has 0 aromatic carbocycles. The first kappa shape index (κ1) is 15.0. The van der Waals surface area contributed by atoms with E-state index in [0.29, 0.717) is 17.4 Å². The maximum Gasteiger partial charge on any atom is 0.287 e. The van der Waals surface area contributed by atoms with Gasteiger partial charge in [-0.05, 0) is 25.5 Å². The highest BCUT2D eigenvalue weighted by Gasteiger charge is 2.18. The van der Waals surface area contributed by atoms with Crippen molar-refractivity contribution in [1.29, 1.82) is 0 Å². The van der Waals surface area contributed by atoms with Crippen LogP contribution in [0, 0.1) is 17.0 Å². The molecule has 0 saturated carbocycles. The fraction of sp³-hybridized carbons (Fsp3) is 0.231. The molecule has 0 aliphatic carbocycles. The Morgan fingerprint density at radius 3 is 2.81 bits per heavy atom. The Labute approximate surface area is 125 Å². The molecule has 0 aliphatic rings. The molecule has 1 N–H and O–H groups in total. The van der Waals surface area contributed by atoms with Crippen LogP contribution in [0.2, 0.25) is 5.15 Å². The summed E-state index contributed by atoms with van der Waals surface area (Å²) in [4.78, 5) is 26.4. The minimum Gasteiger partial charge on any atom is -0.337 e. The Kier molecular flexibility index (Phi) is 4.23. The van der Waals surface area contributed by atoms with E-state index in [0.717, 1.165) is 5.56 Å². The highest BCUT2D eigenvalue weighted by Crippen LogP contribution is 2.20. The largest absolute Gasteiger partial charge is 0.337 e. The maximum absolute atomic E-state index is 12.2. The predicted molar refractivity (Wildman–Crippen MR) is 78.7 cm³/mol. The van der Waals surface area contributed by atoms with Gasteiger partial charge in [0.05, 0.1) is 23.0 Å². The number of rotatable bonds is 4. The van der Waals surface area contributed by atoms with Gasteiger partial charge in [-0.3, -0.25) is 14.9 Å². The van der Waals surface area contributed by atoms with Crippen LogP contribution in [0.4, 0.5) is 11.4 Å². The van der Waals surface area contributed by atoms with Gasteiger partial charge in [0.1, 0.15) is 10.8 Å². The summed E-state index contributed by atoms with van der Waals surface area (Å²) >= 11 is 5.82. The average Bonchev–Trinajstić information content (AvgIpc) is 2.87. The topological polar surface area (TPSA) is 90.1 Å². The van der Waals surface area contributed by atoms with Crippen LogP contribution in [0.5, 0.6) is 0 Å². The summed E-state index contributed by atoms with van der Waals surface area (Å²) < 4.78 is 1.52. The Morgan fingerprint density at radius 2 is 2.24 bits per heavy atom. The molecule has 0 unspecified atom stereocenters. The van der Waals surface area contributed by atoms with E-state index < -0.39 is 10.8 Å². The van der Waals surface area contributed by atoms with Crippen LogP contribution in [0.1, 0.15) is 23.0 Å². The first-order chi connectivity index (χ1) is 9.92. The van der Waals surface area contributed by atoms with Crippen LogP contribution in [-0.2, 0) is 6.54 Å². The molecule has 7 nitrogen and oxygen atoms in total. The SMILES string of the molecule is CCn1cc([N+](=O)[O-])cc1C(=O)Nc1cnc(Cl)c(C)c1. The third-order valence-electron chi connectivity index (χ3n) is 2.94. The van der Waals surface area contributed by atoms with E-state index >= 15 is 0 Å². The number of aromatic nitrogens is 2. The molecule has 2 rings (SSSR count). The van der Waals surface area contributed by atoms with E-state index in [9.17, 15) is 14.9 Å². The van der Waals surface area contributed by atoms with E-state index in [1.54, 1.807) is 19.9 Å². The summed E-state index contributed by atoms with van der Waals surface area (Å²) in [6, 6.07) is 2.93. The van der Waals surface area contributed by atoms with Gasteiger partial charge in [0.15, 0.2) is 0 Å². The number of anilines is 1. The molecule has 2 heterocycles. The summed E-state index contributed by atoms with van der Waals surface area (Å²) in [5.41, 5.74) is 1.31. The Balaban J connectivity index is 2.27. The first-order valence-corrected chi connectivity index (χ1v) is 6.58. The third-order valence-corrected chi connectivity index (χ3v) is 3.33. The smallest absolute Gasteiger partial charge is 0.287 e. The fourth-order valence-electron chi connectivity index (χ4n) is 1.87. The van der Waals surface area contributed by atoms with Crippen molar-refractivity contribution in [1.82, 2.24) is 9.55 Å². The van der Waals surface area contributed by atoms with Crippen LogP contribution < -0.4 is 5.32 Å². The van der Waals surface area contributed by atoms with Crippen LogP contribution in [0.15, 0.2) is 24.5 Å². The van der Waals surface area contributed by atoms with Crippen molar-refractivity contribution in [3.05, 3.63) is 51.1 Å². The van der Waals surface area contributed by atoms with Gasteiger partial charge < -0.3 is 9.88 Å². The second-order valence-electron chi connectivity index (χ2n) is 4.41. The molecular formula is C13H13ClN4O3. The highest BCUT2D eigenvalue weighted by molar-refractivity contribution is 6.30. The van der Waals surface area contributed by atoms with Crippen molar-refractivity contribution in [3.63, 3.8) is 0 Å². The van der Waals surface area contributed by atoms with Gasteiger partial charge >= 0.3 is 0 Å². The van der Waals surface area contributed by atoms with Crippen LogP contribution >= 0.6 is 11.6 Å². The molecule has 0 bridgehead atoms. The number of aryl methyl sites for hydroxylation is 2. The number of amides is 1. The Hall–Kier alpha value is -2.41. The van der Waals surface area contributed by atoms with Gasteiger partial charge in [-0.2, -0.15) is 0 Å². The minimum atomic E-state index is -0.531. The molecule has 8 heteroatoms. The van der Waals surface area contributed by atoms with Gasteiger partial charge in [0, 0.05) is 12.6 Å². The van der Waals surface area contributed by atoms with E-state index in [1.807, 2.05) is 0 Å². The van der Waals surface area contributed by atoms with Crippen LogP contribution in [-0.4, -0.2) is 20.4 Å².